The molecule has 0 spiro atoms. The molecule has 1 heterocycles. The molecular weight excluding hydrogens is 130 g/mol. The molecule has 1 rings (SSSR count). The van der Waals surface area contributed by atoms with Crippen LogP contribution in [0.5, 0.6) is 0 Å². The van der Waals surface area contributed by atoms with Crippen molar-refractivity contribution in [1.29, 1.82) is 0 Å². The van der Waals surface area contributed by atoms with E-state index in [4.69, 9.17) is 4.79 Å². The second-order valence-corrected chi connectivity index (χ2v) is 2.39. The Hall–Kier alpha value is -0.860. The predicted molar refractivity (Wildman–Crippen MR) is 38.6 cm³/mol. The molecule has 1 aliphatic rings. The molecule has 58 valence electrons. The van der Waals surface area contributed by atoms with Crippen LogP contribution in [-0.2, 0) is 9.59 Å². The van der Waals surface area contributed by atoms with E-state index in [1.54, 1.807) is 4.90 Å². The Kier molecular flexibility index (Phi) is 3.69. The molecule has 0 aromatic rings. The van der Waals surface area contributed by atoms with Crippen LogP contribution in [0.2, 0.25) is 0 Å². The largest absolute Gasteiger partial charge is 0.343 e. The molecule has 3 nitrogen and oxygen atoms in total. The first-order valence-electron chi connectivity index (χ1n) is 3.26. The SMILES string of the molecule is C=O.CC1CCC(=O)N1C. The lowest BCUT2D eigenvalue weighted by Crippen LogP contribution is -2.25. The first-order valence-corrected chi connectivity index (χ1v) is 3.26. The van der Waals surface area contributed by atoms with Gasteiger partial charge in [-0.15, -0.1) is 0 Å². The van der Waals surface area contributed by atoms with E-state index in [1.165, 1.54) is 0 Å². The summed E-state index contributed by atoms with van der Waals surface area (Å²) in [6.07, 6.45) is 1.78. The lowest BCUT2D eigenvalue weighted by atomic mass is 10.2. The number of hydrogen-bond donors (Lipinski definition) is 0. The molecule has 10 heavy (non-hydrogen) atoms. The van der Waals surface area contributed by atoms with E-state index >= 15 is 0 Å². The van der Waals surface area contributed by atoms with Crippen molar-refractivity contribution in [2.75, 3.05) is 7.05 Å². The van der Waals surface area contributed by atoms with Crippen LogP contribution < -0.4 is 0 Å². The van der Waals surface area contributed by atoms with Crippen molar-refractivity contribution in [3.8, 4) is 0 Å². The van der Waals surface area contributed by atoms with Crippen molar-refractivity contribution >= 4 is 12.7 Å². The molecule has 1 unspecified atom stereocenters. The van der Waals surface area contributed by atoms with Gasteiger partial charge in [0, 0.05) is 19.5 Å². The maximum Gasteiger partial charge on any atom is 0.222 e. The molecule has 0 aliphatic carbocycles. The molecule has 1 saturated heterocycles. The van der Waals surface area contributed by atoms with E-state index in [-0.39, 0.29) is 5.91 Å². The zero-order valence-electron chi connectivity index (χ0n) is 6.46. The van der Waals surface area contributed by atoms with Crippen molar-refractivity contribution in [2.45, 2.75) is 25.8 Å². The third-order valence-corrected chi connectivity index (χ3v) is 1.83. The number of amides is 1. The normalized spacial score (nSPS) is 24.0. The van der Waals surface area contributed by atoms with Crippen molar-refractivity contribution in [3.63, 3.8) is 0 Å². The molecule has 1 aliphatic heterocycles. The van der Waals surface area contributed by atoms with Gasteiger partial charge in [-0.25, -0.2) is 0 Å². The van der Waals surface area contributed by atoms with Crippen molar-refractivity contribution in [1.82, 2.24) is 4.90 Å². The summed E-state index contributed by atoms with van der Waals surface area (Å²) >= 11 is 0. The van der Waals surface area contributed by atoms with Gasteiger partial charge in [-0.2, -0.15) is 0 Å². The van der Waals surface area contributed by atoms with Gasteiger partial charge in [-0.1, -0.05) is 0 Å². The minimum Gasteiger partial charge on any atom is -0.343 e. The number of nitrogens with zero attached hydrogens (tertiary/aromatic N) is 1. The minimum absolute atomic E-state index is 0.289. The summed E-state index contributed by atoms with van der Waals surface area (Å²) in [5.41, 5.74) is 0. The van der Waals surface area contributed by atoms with Crippen LogP contribution in [0.4, 0.5) is 0 Å². The second-order valence-electron chi connectivity index (χ2n) is 2.39. The molecule has 0 saturated carbocycles. The Morgan fingerprint density at radius 3 is 2.20 bits per heavy atom. The molecule has 1 atom stereocenters. The zero-order valence-corrected chi connectivity index (χ0v) is 6.46. The molecule has 1 fully saturated rings. The van der Waals surface area contributed by atoms with Gasteiger partial charge in [0.2, 0.25) is 5.91 Å². The first-order chi connectivity index (χ1) is 4.72. The molecule has 0 bridgehead atoms. The zero-order chi connectivity index (χ0) is 8.15. The molecular formula is C7H13NO2. The van der Waals surface area contributed by atoms with E-state index in [9.17, 15) is 4.79 Å². The number of rotatable bonds is 0. The van der Waals surface area contributed by atoms with Gasteiger partial charge in [0.05, 0.1) is 0 Å². The fourth-order valence-corrected chi connectivity index (χ4v) is 0.948. The van der Waals surface area contributed by atoms with Crippen LogP contribution in [0.3, 0.4) is 0 Å². The third kappa shape index (κ3) is 1.83. The summed E-state index contributed by atoms with van der Waals surface area (Å²) in [5, 5.41) is 0. The van der Waals surface area contributed by atoms with Crippen LogP contribution >= 0.6 is 0 Å². The van der Waals surface area contributed by atoms with Crippen LogP contribution in [0.1, 0.15) is 19.8 Å². The van der Waals surface area contributed by atoms with Gasteiger partial charge in [0.25, 0.3) is 0 Å². The maximum absolute atomic E-state index is 10.7. The third-order valence-electron chi connectivity index (χ3n) is 1.83. The fourth-order valence-electron chi connectivity index (χ4n) is 0.948. The monoisotopic (exact) mass is 143 g/mol. The smallest absolute Gasteiger partial charge is 0.222 e. The lowest BCUT2D eigenvalue weighted by Gasteiger charge is -2.13. The van der Waals surface area contributed by atoms with E-state index in [0.717, 1.165) is 12.8 Å². The summed E-state index contributed by atoms with van der Waals surface area (Å²) in [4.78, 5) is 20.5. The molecule has 3 heteroatoms. The molecule has 0 aromatic heterocycles. The van der Waals surface area contributed by atoms with E-state index in [0.29, 0.717) is 6.04 Å². The quantitative estimate of drug-likeness (QED) is 0.493. The highest BCUT2D eigenvalue weighted by atomic mass is 16.2. The summed E-state index contributed by atoms with van der Waals surface area (Å²) in [7, 11) is 1.86. The Morgan fingerprint density at radius 2 is 2.10 bits per heavy atom. The van der Waals surface area contributed by atoms with Gasteiger partial charge in [-0.3, -0.25) is 4.79 Å². The average Bonchev–Trinajstić information content (AvgIpc) is 2.25. The highest BCUT2D eigenvalue weighted by Crippen LogP contribution is 2.14. The Morgan fingerprint density at radius 1 is 1.60 bits per heavy atom. The number of likely N-dealkylation sites (tertiary alicyclic amines) is 1. The topological polar surface area (TPSA) is 37.4 Å². The van der Waals surface area contributed by atoms with Gasteiger partial charge in [-0.05, 0) is 13.3 Å². The highest BCUT2D eigenvalue weighted by Gasteiger charge is 2.22. The number of carbonyl (C=O) groups excluding carboxylic acids is 2. The Labute approximate surface area is 61.0 Å². The average molecular weight is 143 g/mol. The van der Waals surface area contributed by atoms with Gasteiger partial charge >= 0.3 is 0 Å². The van der Waals surface area contributed by atoms with Crippen molar-refractivity contribution in [3.05, 3.63) is 0 Å². The summed E-state index contributed by atoms with van der Waals surface area (Å²) < 4.78 is 0. The van der Waals surface area contributed by atoms with Crippen molar-refractivity contribution < 1.29 is 9.59 Å². The van der Waals surface area contributed by atoms with E-state index in [1.807, 2.05) is 13.8 Å². The van der Waals surface area contributed by atoms with Crippen LogP contribution in [0, 0.1) is 0 Å². The molecule has 1 amide bonds. The molecule has 0 radical (unpaired) electrons. The molecule has 0 aromatic carbocycles. The Balaban J connectivity index is 0.000000371. The number of carbonyl (C=O) groups is 2. The van der Waals surface area contributed by atoms with Gasteiger partial charge in [0.15, 0.2) is 0 Å². The van der Waals surface area contributed by atoms with E-state index < -0.39 is 0 Å². The lowest BCUT2D eigenvalue weighted by molar-refractivity contribution is -0.127. The van der Waals surface area contributed by atoms with Gasteiger partial charge in [0.1, 0.15) is 6.79 Å². The van der Waals surface area contributed by atoms with Crippen molar-refractivity contribution in [2.24, 2.45) is 0 Å². The number of hydrogen-bond acceptors (Lipinski definition) is 2. The second kappa shape index (κ2) is 4.04. The van der Waals surface area contributed by atoms with Gasteiger partial charge < -0.3 is 9.69 Å². The maximum atomic E-state index is 10.7. The highest BCUT2D eigenvalue weighted by molar-refractivity contribution is 5.78. The van der Waals surface area contributed by atoms with Crippen LogP contribution in [0.25, 0.3) is 0 Å². The van der Waals surface area contributed by atoms with E-state index in [2.05, 4.69) is 6.92 Å². The summed E-state index contributed by atoms with van der Waals surface area (Å²) in [6, 6.07) is 0.475. The minimum atomic E-state index is 0.289. The predicted octanol–water partition coefficient (Wildman–Crippen LogP) is 0.442. The first kappa shape index (κ1) is 9.14. The molecule has 0 N–H and O–H groups in total. The summed E-state index contributed by atoms with van der Waals surface area (Å²) in [6.45, 7) is 4.07. The van der Waals surface area contributed by atoms with Crippen LogP contribution in [-0.4, -0.2) is 30.7 Å². The summed E-state index contributed by atoms with van der Waals surface area (Å²) in [5.74, 6) is 0.289. The standard InChI is InChI=1S/C6H11NO.CH2O/c1-5-3-4-6(8)7(5)2;1-2/h5H,3-4H2,1-2H3;1H2. The Bertz CT molecular complexity index is 125. The fraction of sp³-hybridized carbons (Fsp3) is 0.714. The van der Waals surface area contributed by atoms with Crippen LogP contribution in [0.15, 0.2) is 0 Å².